The Kier molecular flexibility index (Phi) is 5.30. The number of benzene rings is 2. The lowest BCUT2D eigenvalue weighted by Crippen LogP contribution is -2.24. The molecule has 0 aliphatic heterocycles. The van der Waals surface area contributed by atoms with E-state index < -0.39 is 0 Å². The molecular formula is C16H19NO2S. The van der Waals surface area contributed by atoms with E-state index in [-0.39, 0.29) is 11.7 Å². The maximum absolute atomic E-state index is 12.1. The number of phenols is 1. The molecule has 0 bridgehead atoms. The Morgan fingerprint density at radius 1 is 1.20 bits per heavy atom. The summed E-state index contributed by atoms with van der Waals surface area (Å²) in [5, 5.41) is 14.7. The Hall–Kier alpha value is -1.68. The summed E-state index contributed by atoms with van der Waals surface area (Å²) >= 11 is 1.81. The number of hydrogen-bond acceptors (Lipinski definition) is 3. The largest absolute Gasteiger partial charge is 0.507 e. The zero-order chi connectivity index (χ0) is 14.4. The van der Waals surface area contributed by atoms with Crippen LogP contribution in [0.25, 0.3) is 10.8 Å². The first-order valence-corrected chi connectivity index (χ1v) is 8.10. The van der Waals surface area contributed by atoms with Crippen molar-refractivity contribution in [2.45, 2.75) is 12.8 Å². The maximum Gasteiger partial charge on any atom is 0.255 e. The number of unbranched alkanes of at least 4 members (excludes halogenated alkanes) is 1. The van der Waals surface area contributed by atoms with E-state index in [1.54, 1.807) is 12.1 Å². The van der Waals surface area contributed by atoms with E-state index in [0.29, 0.717) is 12.1 Å². The molecule has 2 aromatic carbocycles. The zero-order valence-electron chi connectivity index (χ0n) is 11.6. The van der Waals surface area contributed by atoms with Gasteiger partial charge in [0.1, 0.15) is 5.75 Å². The number of thioether (sulfide) groups is 1. The molecule has 1 amide bonds. The number of aromatic hydroxyl groups is 1. The van der Waals surface area contributed by atoms with Crippen LogP contribution in [-0.4, -0.2) is 29.6 Å². The van der Waals surface area contributed by atoms with Gasteiger partial charge in [0.05, 0.1) is 5.56 Å². The molecule has 0 aliphatic carbocycles. The monoisotopic (exact) mass is 289 g/mol. The molecule has 4 heteroatoms. The number of nitrogens with one attached hydrogen (secondary N) is 1. The van der Waals surface area contributed by atoms with Crippen LogP contribution in [0.5, 0.6) is 5.75 Å². The molecule has 0 saturated carbocycles. The average molecular weight is 289 g/mol. The third kappa shape index (κ3) is 3.67. The standard InChI is InChI=1S/C16H19NO2S/c1-20-9-5-4-8-17-16(19)14-10-12-6-2-3-7-13(12)11-15(14)18/h2-3,6-7,10-11,18H,4-5,8-9H2,1H3,(H,17,19). The molecule has 2 aromatic rings. The lowest BCUT2D eigenvalue weighted by atomic mass is 10.1. The number of hydrogen-bond donors (Lipinski definition) is 2. The second-order valence-electron chi connectivity index (χ2n) is 4.67. The molecule has 0 saturated heterocycles. The fourth-order valence-electron chi connectivity index (χ4n) is 2.08. The van der Waals surface area contributed by atoms with E-state index in [9.17, 15) is 9.90 Å². The molecule has 0 fully saturated rings. The molecule has 0 unspecified atom stereocenters. The van der Waals surface area contributed by atoms with Crippen molar-refractivity contribution in [3.8, 4) is 5.75 Å². The first-order chi connectivity index (χ1) is 9.72. The highest BCUT2D eigenvalue weighted by atomic mass is 32.2. The van der Waals surface area contributed by atoms with Crippen LogP contribution < -0.4 is 5.32 Å². The summed E-state index contributed by atoms with van der Waals surface area (Å²) in [5.74, 6) is 0.930. The summed E-state index contributed by atoms with van der Waals surface area (Å²) in [7, 11) is 0. The highest BCUT2D eigenvalue weighted by Crippen LogP contribution is 2.24. The molecule has 0 radical (unpaired) electrons. The van der Waals surface area contributed by atoms with Gasteiger partial charge < -0.3 is 10.4 Å². The van der Waals surface area contributed by atoms with Crippen LogP contribution in [0.15, 0.2) is 36.4 Å². The van der Waals surface area contributed by atoms with E-state index in [1.807, 2.05) is 36.0 Å². The SMILES string of the molecule is CSCCCCNC(=O)c1cc2ccccc2cc1O. The van der Waals surface area contributed by atoms with E-state index >= 15 is 0 Å². The lowest BCUT2D eigenvalue weighted by molar-refractivity contribution is 0.0950. The van der Waals surface area contributed by atoms with Crippen molar-refractivity contribution < 1.29 is 9.90 Å². The smallest absolute Gasteiger partial charge is 0.255 e. The van der Waals surface area contributed by atoms with Gasteiger partial charge in [-0.15, -0.1) is 0 Å². The molecule has 0 aliphatic rings. The Labute approximate surface area is 123 Å². The van der Waals surface area contributed by atoms with Crippen LogP contribution in [0.2, 0.25) is 0 Å². The highest BCUT2D eigenvalue weighted by molar-refractivity contribution is 7.98. The topological polar surface area (TPSA) is 49.3 Å². The quantitative estimate of drug-likeness (QED) is 0.801. The van der Waals surface area contributed by atoms with Crippen LogP contribution in [0.4, 0.5) is 0 Å². The maximum atomic E-state index is 12.1. The van der Waals surface area contributed by atoms with Gasteiger partial charge in [-0.2, -0.15) is 11.8 Å². The van der Waals surface area contributed by atoms with Gasteiger partial charge in [0, 0.05) is 6.54 Å². The molecule has 106 valence electrons. The van der Waals surface area contributed by atoms with Crippen LogP contribution in [-0.2, 0) is 0 Å². The second kappa shape index (κ2) is 7.20. The summed E-state index contributed by atoms with van der Waals surface area (Å²) < 4.78 is 0. The van der Waals surface area contributed by atoms with Crippen LogP contribution in [0, 0.1) is 0 Å². The van der Waals surface area contributed by atoms with Gasteiger partial charge in [-0.3, -0.25) is 4.79 Å². The number of amides is 1. The van der Waals surface area contributed by atoms with Crippen molar-refractivity contribution >= 4 is 28.4 Å². The van der Waals surface area contributed by atoms with Crippen molar-refractivity contribution in [2.24, 2.45) is 0 Å². The van der Waals surface area contributed by atoms with Crippen molar-refractivity contribution in [1.82, 2.24) is 5.32 Å². The Morgan fingerprint density at radius 2 is 1.90 bits per heavy atom. The van der Waals surface area contributed by atoms with Gasteiger partial charge in [0.2, 0.25) is 0 Å². The van der Waals surface area contributed by atoms with Gasteiger partial charge in [-0.05, 0) is 47.8 Å². The molecule has 0 spiro atoms. The fourth-order valence-corrected chi connectivity index (χ4v) is 2.57. The molecule has 2 rings (SSSR count). The van der Waals surface area contributed by atoms with Gasteiger partial charge in [-0.25, -0.2) is 0 Å². The Balaban J connectivity index is 2.04. The zero-order valence-corrected chi connectivity index (χ0v) is 12.4. The van der Waals surface area contributed by atoms with Gasteiger partial charge >= 0.3 is 0 Å². The normalized spacial score (nSPS) is 10.7. The minimum Gasteiger partial charge on any atom is -0.507 e. The summed E-state index contributed by atoms with van der Waals surface area (Å²) in [4.78, 5) is 12.1. The number of phenolic OH excluding ortho intramolecular Hbond substituents is 1. The first kappa shape index (κ1) is 14.7. The van der Waals surface area contributed by atoms with Crippen LogP contribution >= 0.6 is 11.8 Å². The predicted molar refractivity (Wildman–Crippen MR) is 85.6 cm³/mol. The Morgan fingerprint density at radius 3 is 2.60 bits per heavy atom. The average Bonchev–Trinajstić information content (AvgIpc) is 2.46. The minimum absolute atomic E-state index is 0.0327. The van der Waals surface area contributed by atoms with E-state index in [1.165, 1.54) is 0 Å². The molecule has 3 nitrogen and oxygen atoms in total. The van der Waals surface area contributed by atoms with Crippen molar-refractivity contribution in [1.29, 1.82) is 0 Å². The Bertz CT molecular complexity index is 598. The molecule has 0 aromatic heterocycles. The van der Waals surface area contributed by atoms with E-state index in [4.69, 9.17) is 0 Å². The van der Waals surface area contributed by atoms with Gasteiger partial charge in [0.15, 0.2) is 0 Å². The number of carbonyl (C=O) groups is 1. The minimum atomic E-state index is -0.211. The van der Waals surface area contributed by atoms with Gasteiger partial charge in [-0.1, -0.05) is 24.3 Å². The molecule has 2 N–H and O–H groups in total. The van der Waals surface area contributed by atoms with Crippen molar-refractivity contribution in [3.05, 3.63) is 42.0 Å². The van der Waals surface area contributed by atoms with Crippen molar-refractivity contribution in [3.63, 3.8) is 0 Å². The molecule has 0 heterocycles. The summed E-state index contributed by atoms with van der Waals surface area (Å²) in [6, 6.07) is 11.1. The van der Waals surface area contributed by atoms with E-state index in [2.05, 4.69) is 11.6 Å². The van der Waals surface area contributed by atoms with Gasteiger partial charge in [0.25, 0.3) is 5.91 Å². The lowest BCUT2D eigenvalue weighted by Gasteiger charge is -2.08. The third-order valence-electron chi connectivity index (χ3n) is 3.17. The summed E-state index contributed by atoms with van der Waals surface area (Å²) in [6.07, 6.45) is 4.12. The molecule has 0 atom stereocenters. The summed E-state index contributed by atoms with van der Waals surface area (Å²) in [6.45, 7) is 0.645. The third-order valence-corrected chi connectivity index (χ3v) is 3.87. The van der Waals surface area contributed by atoms with Crippen molar-refractivity contribution in [2.75, 3.05) is 18.6 Å². The number of carbonyl (C=O) groups excluding carboxylic acids is 1. The summed E-state index contributed by atoms with van der Waals surface area (Å²) in [5.41, 5.74) is 0.341. The van der Waals surface area contributed by atoms with Crippen LogP contribution in [0.1, 0.15) is 23.2 Å². The predicted octanol–water partition coefficient (Wildman–Crippen LogP) is 3.42. The second-order valence-corrected chi connectivity index (χ2v) is 5.66. The van der Waals surface area contributed by atoms with Crippen LogP contribution in [0.3, 0.4) is 0 Å². The number of rotatable bonds is 6. The molecular weight excluding hydrogens is 270 g/mol. The first-order valence-electron chi connectivity index (χ1n) is 6.71. The fraction of sp³-hybridized carbons (Fsp3) is 0.312. The van der Waals surface area contributed by atoms with E-state index in [0.717, 1.165) is 29.4 Å². The highest BCUT2D eigenvalue weighted by Gasteiger charge is 2.11. The molecule has 20 heavy (non-hydrogen) atoms. The number of fused-ring (bicyclic) bond motifs is 1.